The lowest BCUT2D eigenvalue weighted by Crippen LogP contribution is -2.61. The van der Waals surface area contributed by atoms with Gasteiger partial charge in [0.2, 0.25) is 5.91 Å². The Labute approximate surface area is 183 Å². The maximum absolute atomic E-state index is 12.4. The highest BCUT2D eigenvalue weighted by Crippen LogP contribution is 2.66. The summed E-state index contributed by atoms with van der Waals surface area (Å²) in [6.45, 7) is 7.30. The van der Waals surface area contributed by atoms with Gasteiger partial charge in [-0.3, -0.25) is 4.79 Å². The van der Waals surface area contributed by atoms with Crippen molar-refractivity contribution in [1.82, 2.24) is 4.90 Å². The summed E-state index contributed by atoms with van der Waals surface area (Å²) in [4.78, 5) is 14.5. The van der Waals surface area contributed by atoms with Crippen molar-refractivity contribution in [2.24, 2.45) is 34.5 Å². The van der Waals surface area contributed by atoms with Gasteiger partial charge in [0.15, 0.2) is 0 Å². The zero-order chi connectivity index (χ0) is 21.1. The smallest absolute Gasteiger partial charge is 0.222 e. The first-order chi connectivity index (χ1) is 14.3. The SMILES string of the molecule is Cc1ccc(/C=C/[C@H]2CC[C@H]3[C@@H]4CC[C@H]5N(C)C(=O)CC[C@]5(C)[C@H]4CC[C@]23C)cc1. The fourth-order valence-electron chi connectivity index (χ4n) is 8.41. The number of piperidine rings is 1. The number of likely N-dealkylation sites (tertiary alicyclic amines) is 1. The predicted molar refractivity (Wildman–Crippen MR) is 124 cm³/mol. The number of allylic oxidation sites excluding steroid dienone is 1. The minimum absolute atomic E-state index is 0.336. The van der Waals surface area contributed by atoms with Crippen molar-refractivity contribution in [1.29, 1.82) is 0 Å². The lowest BCUT2D eigenvalue weighted by Gasteiger charge is -2.61. The summed E-state index contributed by atoms with van der Waals surface area (Å²) in [7, 11) is 2.07. The summed E-state index contributed by atoms with van der Waals surface area (Å²) < 4.78 is 0. The van der Waals surface area contributed by atoms with Gasteiger partial charge in [-0.1, -0.05) is 55.8 Å². The van der Waals surface area contributed by atoms with Crippen molar-refractivity contribution in [2.75, 3.05) is 7.05 Å². The number of carbonyl (C=O) groups excluding carboxylic acids is 1. The quantitative estimate of drug-likeness (QED) is 0.551. The standard InChI is InChI=1S/C28H39NO/c1-19-5-7-20(8-6-19)9-10-21-11-13-23-22-12-14-25-28(3,18-16-26(30)29(25)4)24(22)15-17-27(21,23)2/h5-10,21-25H,11-18H2,1-4H3/b10-9+/t21-,22-,23-,24-,25+,27+,28+/m0/s1. The molecule has 1 aromatic carbocycles. The molecular formula is C28H39NO. The van der Waals surface area contributed by atoms with E-state index in [1.807, 2.05) is 0 Å². The van der Waals surface area contributed by atoms with E-state index >= 15 is 0 Å². The van der Waals surface area contributed by atoms with Crippen LogP contribution in [0, 0.1) is 41.4 Å². The largest absolute Gasteiger partial charge is 0.342 e. The third kappa shape index (κ3) is 3.00. The van der Waals surface area contributed by atoms with Crippen LogP contribution in [0.1, 0.15) is 76.3 Å². The molecule has 0 spiro atoms. The van der Waals surface area contributed by atoms with Gasteiger partial charge in [-0.25, -0.2) is 0 Å². The molecule has 1 amide bonds. The van der Waals surface area contributed by atoms with Gasteiger partial charge in [0.05, 0.1) is 0 Å². The molecule has 0 bridgehead atoms. The van der Waals surface area contributed by atoms with E-state index in [2.05, 4.69) is 69.1 Å². The molecule has 4 aliphatic rings. The topological polar surface area (TPSA) is 20.3 Å². The van der Waals surface area contributed by atoms with E-state index in [9.17, 15) is 4.79 Å². The van der Waals surface area contributed by atoms with Crippen LogP contribution >= 0.6 is 0 Å². The van der Waals surface area contributed by atoms with E-state index in [0.717, 1.165) is 30.6 Å². The molecule has 0 N–H and O–H groups in total. The molecule has 5 rings (SSSR count). The van der Waals surface area contributed by atoms with Crippen LogP contribution in [0.25, 0.3) is 6.08 Å². The lowest BCUT2D eigenvalue weighted by atomic mass is 9.47. The van der Waals surface area contributed by atoms with Crippen molar-refractivity contribution >= 4 is 12.0 Å². The Morgan fingerprint density at radius 2 is 1.67 bits per heavy atom. The van der Waals surface area contributed by atoms with Crippen LogP contribution in [0.3, 0.4) is 0 Å². The Morgan fingerprint density at radius 1 is 0.933 bits per heavy atom. The molecular weight excluding hydrogens is 366 g/mol. The van der Waals surface area contributed by atoms with Crippen molar-refractivity contribution in [3.05, 3.63) is 41.5 Å². The number of rotatable bonds is 2. The summed E-state index contributed by atoms with van der Waals surface area (Å²) in [6.07, 6.45) is 14.8. The second kappa shape index (κ2) is 7.24. The van der Waals surface area contributed by atoms with Crippen molar-refractivity contribution in [2.45, 2.75) is 78.2 Å². The summed E-state index contributed by atoms with van der Waals surface area (Å²) >= 11 is 0. The van der Waals surface area contributed by atoms with Gasteiger partial charge in [-0.15, -0.1) is 0 Å². The Morgan fingerprint density at radius 3 is 2.43 bits per heavy atom. The third-order valence-corrected chi connectivity index (χ3v) is 10.2. The van der Waals surface area contributed by atoms with Crippen LogP contribution in [0.2, 0.25) is 0 Å². The molecule has 1 aromatic rings. The lowest BCUT2D eigenvalue weighted by molar-refractivity contribution is -0.157. The number of benzene rings is 1. The molecule has 2 nitrogen and oxygen atoms in total. The highest BCUT2D eigenvalue weighted by Gasteiger charge is 2.60. The van der Waals surface area contributed by atoms with Gasteiger partial charge in [0, 0.05) is 19.5 Å². The third-order valence-electron chi connectivity index (χ3n) is 10.2. The molecule has 162 valence electrons. The predicted octanol–water partition coefficient (Wildman–Crippen LogP) is 6.49. The first-order valence-electron chi connectivity index (χ1n) is 12.3. The van der Waals surface area contributed by atoms with Gasteiger partial charge < -0.3 is 4.90 Å². The van der Waals surface area contributed by atoms with Crippen LogP contribution in [-0.2, 0) is 4.79 Å². The molecule has 2 heteroatoms. The number of hydrogen-bond acceptors (Lipinski definition) is 1. The maximum atomic E-state index is 12.4. The fourth-order valence-corrected chi connectivity index (χ4v) is 8.41. The second-order valence-electron chi connectivity index (χ2n) is 11.5. The Hall–Kier alpha value is -1.57. The zero-order valence-electron chi connectivity index (χ0n) is 19.4. The highest BCUT2D eigenvalue weighted by atomic mass is 16.2. The van der Waals surface area contributed by atoms with E-state index in [1.165, 1.54) is 49.7 Å². The van der Waals surface area contributed by atoms with Gasteiger partial charge in [0.1, 0.15) is 0 Å². The minimum atomic E-state index is 0.336. The fraction of sp³-hybridized carbons (Fsp3) is 0.679. The normalized spacial score (nSPS) is 43.4. The number of carbonyl (C=O) groups is 1. The van der Waals surface area contributed by atoms with Gasteiger partial charge >= 0.3 is 0 Å². The summed E-state index contributed by atoms with van der Waals surface area (Å²) in [5.41, 5.74) is 3.46. The Bertz CT molecular complexity index is 841. The molecule has 1 heterocycles. The Kier molecular flexibility index (Phi) is 4.91. The molecule has 1 saturated heterocycles. The van der Waals surface area contributed by atoms with E-state index in [-0.39, 0.29) is 0 Å². The number of nitrogens with zero attached hydrogens (tertiary/aromatic N) is 1. The van der Waals surface area contributed by atoms with Crippen LogP contribution in [0.4, 0.5) is 0 Å². The number of fused-ring (bicyclic) bond motifs is 5. The van der Waals surface area contributed by atoms with Crippen LogP contribution in [0.15, 0.2) is 30.3 Å². The number of hydrogen-bond donors (Lipinski definition) is 0. The molecule has 3 aliphatic carbocycles. The van der Waals surface area contributed by atoms with Crippen molar-refractivity contribution in [3.8, 4) is 0 Å². The maximum Gasteiger partial charge on any atom is 0.222 e. The molecule has 1 aliphatic heterocycles. The molecule has 0 unspecified atom stereocenters. The van der Waals surface area contributed by atoms with Crippen LogP contribution in [-0.4, -0.2) is 23.9 Å². The average Bonchev–Trinajstić information content (AvgIpc) is 3.07. The second-order valence-corrected chi connectivity index (χ2v) is 11.5. The van der Waals surface area contributed by atoms with Crippen LogP contribution < -0.4 is 0 Å². The number of aryl methyl sites for hydroxylation is 1. The van der Waals surface area contributed by atoms with Gasteiger partial charge in [-0.05, 0) is 91.9 Å². The van der Waals surface area contributed by atoms with Gasteiger partial charge in [0.25, 0.3) is 0 Å². The molecule has 0 aromatic heterocycles. The van der Waals surface area contributed by atoms with Crippen molar-refractivity contribution in [3.63, 3.8) is 0 Å². The minimum Gasteiger partial charge on any atom is -0.342 e. The summed E-state index contributed by atoms with van der Waals surface area (Å²) in [5.74, 6) is 3.63. The van der Waals surface area contributed by atoms with Gasteiger partial charge in [-0.2, -0.15) is 0 Å². The monoisotopic (exact) mass is 405 g/mol. The highest BCUT2D eigenvalue weighted by molar-refractivity contribution is 5.77. The van der Waals surface area contributed by atoms with Crippen LogP contribution in [0.5, 0.6) is 0 Å². The number of amides is 1. The first-order valence-corrected chi connectivity index (χ1v) is 12.3. The Balaban J connectivity index is 1.36. The van der Waals surface area contributed by atoms with Crippen molar-refractivity contribution < 1.29 is 4.79 Å². The molecule has 4 fully saturated rings. The van der Waals surface area contributed by atoms with E-state index in [0.29, 0.717) is 28.7 Å². The molecule has 7 atom stereocenters. The molecule has 3 saturated carbocycles. The summed E-state index contributed by atoms with van der Waals surface area (Å²) in [6, 6.07) is 9.41. The summed E-state index contributed by atoms with van der Waals surface area (Å²) in [5, 5.41) is 0. The van der Waals surface area contributed by atoms with E-state index in [1.54, 1.807) is 0 Å². The molecule has 30 heavy (non-hydrogen) atoms. The van der Waals surface area contributed by atoms with E-state index < -0.39 is 0 Å². The molecule has 0 radical (unpaired) electrons. The zero-order valence-corrected chi connectivity index (χ0v) is 19.4. The first kappa shape index (κ1) is 20.3. The average molecular weight is 406 g/mol. The van der Waals surface area contributed by atoms with E-state index in [4.69, 9.17) is 0 Å².